The maximum Gasteiger partial charge on any atom is 0.229 e. The molecule has 0 unspecified atom stereocenters. The number of carbonyl (C=O) groups excluding carboxylic acids is 3. The predicted octanol–water partition coefficient (Wildman–Crippen LogP) is 0.941. The van der Waals surface area contributed by atoms with Crippen molar-refractivity contribution in [2.45, 2.75) is 57.8 Å². The molecule has 1 aliphatic carbocycles. The van der Waals surface area contributed by atoms with Gasteiger partial charge in [0.05, 0.1) is 0 Å². The lowest BCUT2D eigenvalue weighted by Crippen LogP contribution is -2.39. The first kappa shape index (κ1) is 16.9. The Morgan fingerprint density at radius 1 is 1.14 bits per heavy atom. The molecule has 3 amide bonds. The molecule has 22 heavy (non-hydrogen) atoms. The number of nitrogens with one attached hydrogen (secondary N) is 1. The molecule has 6 nitrogen and oxygen atoms in total. The topological polar surface area (TPSA) is 92.5 Å². The first-order valence-electron chi connectivity index (χ1n) is 8.36. The summed E-state index contributed by atoms with van der Waals surface area (Å²) in [5.41, 5.74) is 5.87. The number of hydrogen-bond donors (Lipinski definition) is 2. The van der Waals surface area contributed by atoms with Crippen LogP contribution in [0.1, 0.15) is 57.8 Å². The van der Waals surface area contributed by atoms with Crippen molar-refractivity contribution in [3.05, 3.63) is 0 Å². The van der Waals surface area contributed by atoms with Crippen molar-refractivity contribution in [2.75, 3.05) is 19.6 Å². The third kappa shape index (κ3) is 4.29. The summed E-state index contributed by atoms with van der Waals surface area (Å²) in [5.74, 6) is -0.160. The van der Waals surface area contributed by atoms with Gasteiger partial charge in [0.2, 0.25) is 17.7 Å². The lowest BCUT2D eigenvalue weighted by atomic mass is 9.71. The number of carbonyl (C=O) groups is 3. The number of nitrogens with two attached hydrogens (primary N) is 1. The Kier molecular flexibility index (Phi) is 5.94. The minimum Gasteiger partial charge on any atom is -0.356 e. The van der Waals surface area contributed by atoms with Crippen LogP contribution in [0, 0.1) is 5.41 Å². The van der Waals surface area contributed by atoms with Crippen LogP contribution in [-0.2, 0) is 14.4 Å². The van der Waals surface area contributed by atoms with E-state index in [1.165, 1.54) is 11.3 Å². The van der Waals surface area contributed by atoms with Crippen LogP contribution < -0.4 is 11.1 Å². The van der Waals surface area contributed by atoms with Crippen molar-refractivity contribution < 1.29 is 14.4 Å². The van der Waals surface area contributed by atoms with Crippen LogP contribution in [0.3, 0.4) is 0 Å². The summed E-state index contributed by atoms with van der Waals surface area (Å²) in [6, 6.07) is 0. The molecule has 0 aromatic rings. The quantitative estimate of drug-likeness (QED) is 0.541. The highest BCUT2D eigenvalue weighted by atomic mass is 16.2. The molecule has 2 rings (SSSR count). The van der Waals surface area contributed by atoms with Gasteiger partial charge in [0.1, 0.15) is 0 Å². The standard InChI is InChI=1S/C16H27N3O3/c17-12-16(7-2-1-3-8-16)11-13(20)18-9-4-10-19-14(21)5-6-15(19)22/h1-12,17H2,(H,18,20). The largest absolute Gasteiger partial charge is 0.356 e. The molecule has 1 aliphatic heterocycles. The van der Waals surface area contributed by atoms with E-state index in [0.717, 1.165) is 25.7 Å². The molecule has 1 saturated carbocycles. The van der Waals surface area contributed by atoms with E-state index >= 15 is 0 Å². The molecule has 3 N–H and O–H groups in total. The zero-order valence-corrected chi connectivity index (χ0v) is 13.2. The van der Waals surface area contributed by atoms with Crippen LogP contribution in [0.5, 0.6) is 0 Å². The summed E-state index contributed by atoms with van der Waals surface area (Å²) in [6.07, 6.45) is 7.37. The van der Waals surface area contributed by atoms with Gasteiger partial charge in [0.15, 0.2) is 0 Å². The summed E-state index contributed by atoms with van der Waals surface area (Å²) in [6.45, 7) is 1.47. The van der Waals surface area contributed by atoms with Gasteiger partial charge < -0.3 is 11.1 Å². The molecule has 0 aromatic heterocycles. The number of hydrogen-bond acceptors (Lipinski definition) is 4. The Morgan fingerprint density at radius 2 is 1.77 bits per heavy atom. The minimum atomic E-state index is -0.0967. The fourth-order valence-electron chi connectivity index (χ4n) is 3.50. The predicted molar refractivity (Wildman–Crippen MR) is 82.8 cm³/mol. The first-order chi connectivity index (χ1) is 10.6. The summed E-state index contributed by atoms with van der Waals surface area (Å²) < 4.78 is 0. The second-order valence-electron chi connectivity index (χ2n) is 6.58. The lowest BCUT2D eigenvalue weighted by molar-refractivity contribution is -0.138. The van der Waals surface area contributed by atoms with Gasteiger partial charge in [-0.2, -0.15) is 0 Å². The van der Waals surface area contributed by atoms with Crippen LogP contribution in [0.15, 0.2) is 0 Å². The van der Waals surface area contributed by atoms with E-state index in [1.807, 2.05) is 0 Å². The zero-order chi connectivity index (χ0) is 16.0. The number of amides is 3. The van der Waals surface area contributed by atoms with Crippen LogP contribution >= 0.6 is 0 Å². The molecule has 0 atom stereocenters. The molecular formula is C16H27N3O3. The Morgan fingerprint density at radius 3 is 2.36 bits per heavy atom. The molecule has 1 saturated heterocycles. The van der Waals surface area contributed by atoms with Gasteiger partial charge in [0, 0.05) is 32.4 Å². The fraction of sp³-hybridized carbons (Fsp3) is 0.812. The van der Waals surface area contributed by atoms with Gasteiger partial charge in [-0.3, -0.25) is 19.3 Å². The molecule has 2 aliphatic rings. The second-order valence-corrected chi connectivity index (χ2v) is 6.58. The van der Waals surface area contributed by atoms with Crippen molar-refractivity contribution in [1.29, 1.82) is 0 Å². The van der Waals surface area contributed by atoms with Crippen molar-refractivity contribution in [3.63, 3.8) is 0 Å². The molecule has 2 fully saturated rings. The van der Waals surface area contributed by atoms with Crippen LogP contribution in [0.2, 0.25) is 0 Å². The minimum absolute atomic E-state index is 0.0246. The molecular weight excluding hydrogens is 282 g/mol. The zero-order valence-electron chi connectivity index (χ0n) is 13.2. The highest BCUT2D eigenvalue weighted by molar-refractivity contribution is 6.01. The van der Waals surface area contributed by atoms with Crippen molar-refractivity contribution in [3.8, 4) is 0 Å². The first-order valence-corrected chi connectivity index (χ1v) is 8.36. The Hall–Kier alpha value is -1.43. The number of imide groups is 1. The highest BCUT2D eigenvalue weighted by Crippen LogP contribution is 2.38. The van der Waals surface area contributed by atoms with E-state index in [4.69, 9.17) is 5.73 Å². The Balaban J connectivity index is 1.67. The molecule has 1 heterocycles. The Labute approximate surface area is 131 Å². The molecule has 0 radical (unpaired) electrons. The number of nitrogens with zero attached hydrogens (tertiary/aromatic N) is 1. The molecule has 0 bridgehead atoms. The molecule has 0 spiro atoms. The van der Waals surface area contributed by atoms with Crippen LogP contribution in [-0.4, -0.2) is 42.3 Å². The average molecular weight is 309 g/mol. The van der Waals surface area contributed by atoms with Crippen LogP contribution in [0.4, 0.5) is 0 Å². The summed E-state index contributed by atoms with van der Waals surface area (Å²) in [7, 11) is 0. The van der Waals surface area contributed by atoms with Crippen molar-refractivity contribution >= 4 is 17.7 Å². The van der Waals surface area contributed by atoms with E-state index < -0.39 is 0 Å². The summed E-state index contributed by atoms with van der Waals surface area (Å²) in [5, 5.41) is 2.90. The van der Waals surface area contributed by atoms with Gasteiger partial charge in [-0.25, -0.2) is 0 Å². The SMILES string of the molecule is NCC1(CC(=O)NCCCN2C(=O)CCC2=O)CCCCC1. The van der Waals surface area contributed by atoms with E-state index in [9.17, 15) is 14.4 Å². The summed E-state index contributed by atoms with van der Waals surface area (Å²) >= 11 is 0. The van der Waals surface area contributed by atoms with Crippen molar-refractivity contribution in [1.82, 2.24) is 10.2 Å². The molecule has 124 valence electrons. The fourth-order valence-corrected chi connectivity index (χ4v) is 3.50. The lowest BCUT2D eigenvalue weighted by Gasteiger charge is -2.35. The number of likely N-dealkylation sites (tertiary alicyclic amines) is 1. The maximum absolute atomic E-state index is 12.1. The smallest absolute Gasteiger partial charge is 0.229 e. The van der Waals surface area contributed by atoms with Gasteiger partial charge in [-0.1, -0.05) is 19.3 Å². The normalized spacial score (nSPS) is 21.2. The molecule has 6 heteroatoms. The average Bonchev–Trinajstić information content (AvgIpc) is 2.84. The third-order valence-electron chi connectivity index (χ3n) is 4.92. The monoisotopic (exact) mass is 309 g/mol. The van der Waals surface area contributed by atoms with Gasteiger partial charge in [0.25, 0.3) is 0 Å². The van der Waals surface area contributed by atoms with Gasteiger partial charge in [-0.05, 0) is 31.2 Å². The van der Waals surface area contributed by atoms with E-state index in [2.05, 4.69) is 5.32 Å². The van der Waals surface area contributed by atoms with Crippen LogP contribution in [0.25, 0.3) is 0 Å². The molecule has 0 aromatic carbocycles. The van der Waals surface area contributed by atoms with E-state index in [0.29, 0.717) is 45.3 Å². The number of rotatable bonds is 7. The van der Waals surface area contributed by atoms with Crippen molar-refractivity contribution in [2.24, 2.45) is 11.1 Å². The second kappa shape index (κ2) is 7.72. The van der Waals surface area contributed by atoms with Gasteiger partial charge >= 0.3 is 0 Å². The Bertz CT molecular complexity index is 414. The van der Waals surface area contributed by atoms with Gasteiger partial charge in [-0.15, -0.1) is 0 Å². The summed E-state index contributed by atoms with van der Waals surface area (Å²) in [4.78, 5) is 36.3. The highest BCUT2D eigenvalue weighted by Gasteiger charge is 2.33. The maximum atomic E-state index is 12.1. The third-order valence-corrected chi connectivity index (χ3v) is 4.92. The van der Waals surface area contributed by atoms with E-state index in [1.54, 1.807) is 0 Å². The van der Waals surface area contributed by atoms with E-state index in [-0.39, 0.29) is 23.1 Å².